The standard InChI is InChI=1S/C15H21F3N2O.ClH/c1-10(8-14(21)20-7-6-11(2)19)12-4-3-5-13(9-12)15(16,17)18;/h3-5,9-11H,6-8,19H2,1-2H3,(H,20,21);1H. The molecule has 0 fully saturated rings. The van der Waals surface area contributed by atoms with Gasteiger partial charge in [-0.2, -0.15) is 13.2 Å². The van der Waals surface area contributed by atoms with Crippen LogP contribution in [0.3, 0.4) is 0 Å². The summed E-state index contributed by atoms with van der Waals surface area (Å²) in [4.78, 5) is 11.7. The maximum Gasteiger partial charge on any atom is 0.416 e. The zero-order chi connectivity index (χ0) is 16.0. The first kappa shape index (κ1) is 20.7. The molecule has 7 heteroatoms. The second-order valence-electron chi connectivity index (χ2n) is 5.34. The first-order chi connectivity index (χ1) is 9.70. The molecule has 1 aromatic carbocycles. The maximum atomic E-state index is 12.6. The Morgan fingerprint density at radius 3 is 2.50 bits per heavy atom. The minimum Gasteiger partial charge on any atom is -0.356 e. The van der Waals surface area contributed by atoms with Gasteiger partial charge in [-0.3, -0.25) is 4.79 Å². The first-order valence-corrected chi connectivity index (χ1v) is 6.89. The van der Waals surface area contributed by atoms with E-state index >= 15 is 0 Å². The molecular formula is C15H22ClF3N2O. The van der Waals surface area contributed by atoms with Crippen molar-refractivity contribution >= 4 is 18.3 Å². The molecule has 2 unspecified atom stereocenters. The highest BCUT2D eigenvalue weighted by Crippen LogP contribution is 2.31. The van der Waals surface area contributed by atoms with E-state index in [4.69, 9.17) is 5.73 Å². The van der Waals surface area contributed by atoms with Gasteiger partial charge in [-0.15, -0.1) is 12.4 Å². The molecule has 22 heavy (non-hydrogen) atoms. The Bertz CT molecular complexity index is 478. The van der Waals surface area contributed by atoms with Crippen molar-refractivity contribution in [2.24, 2.45) is 5.73 Å². The third-order valence-electron chi connectivity index (χ3n) is 3.20. The molecule has 2 atom stereocenters. The van der Waals surface area contributed by atoms with Gasteiger partial charge in [-0.1, -0.05) is 25.1 Å². The molecule has 0 aliphatic carbocycles. The first-order valence-electron chi connectivity index (χ1n) is 6.89. The van der Waals surface area contributed by atoms with Crippen LogP contribution in [0, 0.1) is 0 Å². The minimum atomic E-state index is -4.37. The van der Waals surface area contributed by atoms with Crippen molar-refractivity contribution in [1.29, 1.82) is 0 Å². The highest BCUT2D eigenvalue weighted by Gasteiger charge is 2.30. The van der Waals surface area contributed by atoms with E-state index in [1.54, 1.807) is 13.0 Å². The quantitative estimate of drug-likeness (QED) is 0.834. The zero-order valence-electron chi connectivity index (χ0n) is 12.6. The highest BCUT2D eigenvalue weighted by atomic mass is 35.5. The number of hydrogen-bond acceptors (Lipinski definition) is 2. The van der Waals surface area contributed by atoms with Gasteiger partial charge in [0, 0.05) is 19.0 Å². The fraction of sp³-hybridized carbons (Fsp3) is 0.533. The van der Waals surface area contributed by atoms with Gasteiger partial charge in [0.25, 0.3) is 0 Å². The van der Waals surface area contributed by atoms with Crippen molar-refractivity contribution < 1.29 is 18.0 Å². The lowest BCUT2D eigenvalue weighted by molar-refractivity contribution is -0.137. The van der Waals surface area contributed by atoms with Crippen molar-refractivity contribution in [1.82, 2.24) is 5.32 Å². The number of nitrogens with two attached hydrogens (primary N) is 1. The van der Waals surface area contributed by atoms with Crippen LogP contribution >= 0.6 is 12.4 Å². The van der Waals surface area contributed by atoms with Crippen LogP contribution in [0.15, 0.2) is 24.3 Å². The number of amides is 1. The van der Waals surface area contributed by atoms with Crippen molar-refractivity contribution in [3.8, 4) is 0 Å². The predicted octanol–water partition coefficient (Wildman–Crippen LogP) is 3.47. The summed E-state index contributed by atoms with van der Waals surface area (Å²) in [7, 11) is 0. The molecule has 3 N–H and O–H groups in total. The largest absolute Gasteiger partial charge is 0.416 e. The van der Waals surface area contributed by atoms with Gasteiger partial charge in [-0.25, -0.2) is 0 Å². The molecule has 0 bridgehead atoms. The Morgan fingerprint density at radius 1 is 1.32 bits per heavy atom. The van der Waals surface area contributed by atoms with Crippen LogP contribution in [0.25, 0.3) is 0 Å². The molecule has 0 heterocycles. The SMILES string of the molecule is CC(N)CCNC(=O)CC(C)c1cccc(C(F)(F)F)c1.Cl. The predicted molar refractivity (Wildman–Crippen MR) is 83.0 cm³/mol. The number of rotatable bonds is 6. The fourth-order valence-corrected chi connectivity index (χ4v) is 1.93. The maximum absolute atomic E-state index is 12.6. The normalized spacial score (nSPS) is 13.9. The number of halogens is 4. The highest BCUT2D eigenvalue weighted by molar-refractivity contribution is 5.85. The molecular weight excluding hydrogens is 317 g/mol. The van der Waals surface area contributed by atoms with Crippen LogP contribution in [0.2, 0.25) is 0 Å². The van der Waals surface area contributed by atoms with Gasteiger partial charge in [0.2, 0.25) is 5.91 Å². The van der Waals surface area contributed by atoms with Gasteiger partial charge >= 0.3 is 6.18 Å². The number of nitrogens with one attached hydrogen (secondary N) is 1. The summed E-state index contributed by atoms with van der Waals surface area (Å²) in [5.74, 6) is -0.455. The molecule has 1 amide bonds. The number of carbonyl (C=O) groups is 1. The summed E-state index contributed by atoms with van der Waals surface area (Å²) in [6.45, 7) is 4.06. The van der Waals surface area contributed by atoms with E-state index in [2.05, 4.69) is 5.32 Å². The number of alkyl halides is 3. The lowest BCUT2D eigenvalue weighted by atomic mass is 9.95. The molecule has 3 nitrogen and oxygen atoms in total. The third-order valence-corrected chi connectivity index (χ3v) is 3.20. The fourth-order valence-electron chi connectivity index (χ4n) is 1.93. The molecule has 1 rings (SSSR count). The summed E-state index contributed by atoms with van der Waals surface area (Å²) >= 11 is 0. The van der Waals surface area contributed by atoms with E-state index in [-0.39, 0.29) is 36.7 Å². The van der Waals surface area contributed by atoms with Gasteiger partial charge in [0.1, 0.15) is 0 Å². The van der Waals surface area contributed by atoms with Gasteiger partial charge in [-0.05, 0) is 30.9 Å². The summed E-state index contributed by atoms with van der Waals surface area (Å²) in [5.41, 5.74) is 5.39. The lowest BCUT2D eigenvalue weighted by Crippen LogP contribution is -2.29. The zero-order valence-corrected chi connectivity index (χ0v) is 13.4. The second-order valence-corrected chi connectivity index (χ2v) is 5.34. The van der Waals surface area contributed by atoms with E-state index in [1.165, 1.54) is 6.07 Å². The molecule has 126 valence electrons. The van der Waals surface area contributed by atoms with E-state index in [1.807, 2.05) is 6.92 Å². The van der Waals surface area contributed by atoms with Crippen LogP contribution in [0.4, 0.5) is 13.2 Å². The van der Waals surface area contributed by atoms with Crippen LogP contribution in [0.5, 0.6) is 0 Å². The molecule has 0 saturated heterocycles. The molecule has 0 spiro atoms. The molecule has 1 aromatic rings. The summed E-state index contributed by atoms with van der Waals surface area (Å²) in [6, 6.07) is 5.10. The smallest absolute Gasteiger partial charge is 0.356 e. The summed E-state index contributed by atoms with van der Waals surface area (Å²) in [5, 5.41) is 2.72. The van der Waals surface area contributed by atoms with Crippen molar-refractivity contribution in [3.05, 3.63) is 35.4 Å². The number of carbonyl (C=O) groups excluding carboxylic acids is 1. The Labute approximate surface area is 134 Å². The third kappa shape index (κ3) is 7.13. The van der Waals surface area contributed by atoms with Gasteiger partial charge in [0.05, 0.1) is 5.56 Å². The Kier molecular flexibility index (Phi) is 8.48. The van der Waals surface area contributed by atoms with Gasteiger partial charge in [0.15, 0.2) is 0 Å². The van der Waals surface area contributed by atoms with E-state index < -0.39 is 11.7 Å². The minimum absolute atomic E-state index is 0. The Morgan fingerprint density at radius 2 is 1.95 bits per heavy atom. The summed E-state index contributed by atoms with van der Waals surface area (Å²) in [6.07, 6.45) is -3.54. The number of hydrogen-bond donors (Lipinski definition) is 2. The topological polar surface area (TPSA) is 55.1 Å². The average Bonchev–Trinajstić information content (AvgIpc) is 2.37. The van der Waals surface area contributed by atoms with Crippen molar-refractivity contribution in [2.75, 3.05) is 6.54 Å². The van der Waals surface area contributed by atoms with Gasteiger partial charge < -0.3 is 11.1 Å². The monoisotopic (exact) mass is 338 g/mol. The lowest BCUT2D eigenvalue weighted by Gasteiger charge is -2.15. The van der Waals surface area contributed by atoms with Crippen molar-refractivity contribution in [3.63, 3.8) is 0 Å². The Balaban J connectivity index is 0.00000441. The van der Waals surface area contributed by atoms with Crippen LogP contribution in [-0.2, 0) is 11.0 Å². The summed E-state index contributed by atoms with van der Waals surface area (Å²) < 4.78 is 37.9. The molecule has 0 aromatic heterocycles. The molecule has 0 aliphatic heterocycles. The average molecular weight is 339 g/mol. The molecule has 0 aliphatic rings. The van der Waals surface area contributed by atoms with Crippen molar-refractivity contribution in [2.45, 2.75) is 44.8 Å². The van der Waals surface area contributed by atoms with Crippen LogP contribution in [-0.4, -0.2) is 18.5 Å². The Hall–Kier alpha value is -1.27. The van der Waals surface area contributed by atoms with E-state index in [0.29, 0.717) is 18.5 Å². The molecule has 0 saturated carbocycles. The van der Waals surface area contributed by atoms with E-state index in [0.717, 1.165) is 12.1 Å². The number of benzene rings is 1. The van der Waals surface area contributed by atoms with Crippen LogP contribution < -0.4 is 11.1 Å². The second kappa shape index (κ2) is 9.00. The van der Waals surface area contributed by atoms with Crippen LogP contribution in [0.1, 0.15) is 43.7 Å². The molecule has 0 radical (unpaired) electrons. The van der Waals surface area contributed by atoms with E-state index in [9.17, 15) is 18.0 Å².